The Morgan fingerprint density at radius 3 is 2.33 bits per heavy atom. The van der Waals surface area contributed by atoms with Gasteiger partial charge in [-0.25, -0.2) is 0 Å². The van der Waals surface area contributed by atoms with E-state index in [1.807, 2.05) is 7.11 Å². The van der Waals surface area contributed by atoms with Crippen molar-refractivity contribution < 1.29 is 4.74 Å². The molecule has 2 saturated carbocycles. The van der Waals surface area contributed by atoms with Crippen molar-refractivity contribution in [2.75, 3.05) is 46.4 Å². The van der Waals surface area contributed by atoms with E-state index in [1.165, 1.54) is 45.6 Å². The largest absolute Gasteiger partial charge is 0.381 e. The molecular formula is C14H27N3O. The van der Waals surface area contributed by atoms with Crippen LogP contribution in [0.25, 0.3) is 0 Å². The molecule has 0 aromatic heterocycles. The van der Waals surface area contributed by atoms with Gasteiger partial charge in [0.1, 0.15) is 0 Å². The molecule has 0 amide bonds. The van der Waals surface area contributed by atoms with Crippen LogP contribution >= 0.6 is 0 Å². The number of hydrogen-bond acceptors (Lipinski definition) is 4. The third kappa shape index (κ3) is 2.44. The molecule has 1 aliphatic heterocycles. The third-order valence-electron chi connectivity index (χ3n) is 5.18. The van der Waals surface area contributed by atoms with Gasteiger partial charge in [0, 0.05) is 51.9 Å². The Labute approximate surface area is 110 Å². The molecule has 3 fully saturated rings. The fraction of sp³-hybridized carbons (Fsp3) is 1.00. The molecule has 4 heteroatoms. The highest BCUT2D eigenvalue weighted by Gasteiger charge is 2.48. The maximum Gasteiger partial charge on any atom is 0.0607 e. The lowest BCUT2D eigenvalue weighted by Gasteiger charge is -2.55. The molecule has 1 heterocycles. The lowest BCUT2D eigenvalue weighted by atomic mass is 9.72. The molecule has 2 aliphatic carbocycles. The highest BCUT2D eigenvalue weighted by atomic mass is 16.5. The van der Waals surface area contributed by atoms with Gasteiger partial charge in [0.05, 0.1) is 6.10 Å². The molecule has 0 unspecified atom stereocenters. The molecule has 0 radical (unpaired) electrons. The van der Waals surface area contributed by atoms with Crippen LogP contribution in [-0.2, 0) is 4.74 Å². The number of nitrogens with zero attached hydrogens (tertiary/aromatic N) is 2. The second kappa shape index (κ2) is 5.08. The molecule has 18 heavy (non-hydrogen) atoms. The van der Waals surface area contributed by atoms with Gasteiger partial charge in [-0.15, -0.1) is 0 Å². The number of hydrogen-bond donors (Lipinski definition) is 1. The SMILES string of the molecule is COC1CC(CN)(N2CCN(CC3CC3)CC2)C1. The molecule has 2 N–H and O–H groups in total. The van der Waals surface area contributed by atoms with Crippen molar-refractivity contribution in [2.45, 2.75) is 37.3 Å². The fourth-order valence-electron chi connectivity index (χ4n) is 3.58. The van der Waals surface area contributed by atoms with Crippen molar-refractivity contribution in [3.05, 3.63) is 0 Å². The van der Waals surface area contributed by atoms with E-state index >= 15 is 0 Å². The summed E-state index contributed by atoms with van der Waals surface area (Å²) in [7, 11) is 1.82. The number of methoxy groups -OCH3 is 1. The van der Waals surface area contributed by atoms with Crippen LogP contribution in [0, 0.1) is 5.92 Å². The molecule has 0 atom stereocenters. The van der Waals surface area contributed by atoms with Gasteiger partial charge in [-0.3, -0.25) is 4.90 Å². The molecule has 3 rings (SSSR count). The van der Waals surface area contributed by atoms with E-state index in [2.05, 4.69) is 9.80 Å². The summed E-state index contributed by atoms with van der Waals surface area (Å²) in [5, 5.41) is 0. The second-order valence-corrected chi connectivity index (χ2v) is 6.43. The predicted octanol–water partition coefficient (Wildman–Crippen LogP) is 0.520. The van der Waals surface area contributed by atoms with Gasteiger partial charge in [0.2, 0.25) is 0 Å². The zero-order valence-corrected chi connectivity index (χ0v) is 11.6. The van der Waals surface area contributed by atoms with E-state index in [4.69, 9.17) is 10.5 Å². The Morgan fingerprint density at radius 2 is 1.83 bits per heavy atom. The van der Waals surface area contributed by atoms with E-state index < -0.39 is 0 Å². The molecule has 0 aromatic rings. The normalized spacial score (nSPS) is 38.7. The minimum absolute atomic E-state index is 0.256. The summed E-state index contributed by atoms with van der Waals surface area (Å²) in [6.07, 6.45) is 5.62. The zero-order valence-electron chi connectivity index (χ0n) is 11.6. The van der Waals surface area contributed by atoms with Crippen LogP contribution in [0.2, 0.25) is 0 Å². The van der Waals surface area contributed by atoms with Crippen LogP contribution in [0.3, 0.4) is 0 Å². The fourth-order valence-corrected chi connectivity index (χ4v) is 3.58. The molecule has 4 nitrogen and oxygen atoms in total. The molecule has 104 valence electrons. The van der Waals surface area contributed by atoms with Crippen LogP contribution in [0.4, 0.5) is 0 Å². The van der Waals surface area contributed by atoms with Crippen molar-refractivity contribution in [1.29, 1.82) is 0 Å². The topological polar surface area (TPSA) is 41.7 Å². The minimum atomic E-state index is 0.256. The van der Waals surface area contributed by atoms with Crippen LogP contribution in [0.5, 0.6) is 0 Å². The maximum absolute atomic E-state index is 6.03. The monoisotopic (exact) mass is 253 g/mol. The van der Waals surface area contributed by atoms with E-state index in [0.717, 1.165) is 25.3 Å². The number of ether oxygens (including phenoxy) is 1. The maximum atomic E-state index is 6.03. The Bertz CT molecular complexity index is 279. The molecule has 1 saturated heterocycles. The quantitative estimate of drug-likeness (QED) is 0.776. The van der Waals surface area contributed by atoms with Crippen LogP contribution < -0.4 is 5.73 Å². The van der Waals surface area contributed by atoms with Gasteiger partial charge < -0.3 is 15.4 Å². The summed E-state index contributed by atoms with van der Waals surface area (Å²) in [5.74, 6) is 1.02. The standard InChI is InChI=1S/C14H27N3O/c1-18-13-8-14(9-13,11-15)17-6-4-16(5-7-17)10-12-2-3-12/h12-13H,2-11,15H2,1H3. The van der Waals surface area contributed by atoms with Gasteiger partial charge in [0.25, 0.3) is 0 Å². The minimum Gasteiger partial charge on any atom is -0.381 e. The molecule has 3 aliphatic rings. The summed E-state index contributed by atoms with van der Waals surface area (Å²) in [6, 6.07) is 0. The summed E-state index contributed by atoms with van der Waals surface area (Å²) in [4.78, 5) is 5.27. The molecule has 0 spiro atoms. The lowest BCUT2D eigenvalue weighted by molar-refractivity contribution is -0.0990. The Morgan fingerprint density at radius 1 is 1.17 bits per heavy atom. The summed E-state index contributed by atoms with van der Waals surface area (Å²) >= 11 is 0. The van der Waals surface area contributed by atoms with Crippen LogP contribution in [-0.4, -0.2) is 67.8 Å². The van der Waals surface area contributed by atoms with Crippen molar-refractivity contribution in [2.24, 2.45) is 11.7 Å². The van der Waals surface area contributed by atoms with E-state index in [-0.39, 0.29) is 5.54 Å². The first-order chi connectivity index (χ1) is 8.75. The lowest BCUT2D eigenvalue weighted by Crippen LogP contribution is -2.67. The first-order valence-electron chi connectivity index (χ1n) is 7.46. The highest BCUT2D eigenvalue weighted by molar-refractivity contribution is 5.05. The van der Waals surface area contributed by atoms with Gasteiger partial charge in [-0.1, -0.05) is 0 Å². The van der Waals surface area contributed by atoms with E-state index in [0.29, 0.717) is 6.10 Å². The third-order valence-corrected chi connectivity index (χ3v) is 5.18. The van der Waals surface area contributed by atoms with Gasteiger partial charge in [-0.05, 0) is 31.6 Å². The average molecular weight is 253 g/mol. The van der Waals surface area contributed by atoms with Gasteiger partial charge >= 0.3 is 0 Å². The van der Waals surface area contributed by atoms with E-state index in [9.17, 15) is 0 Å². The van der Waals surface area contributed by atoms with Crippen LogP contribution in [0.1, 0.15) is 25.7 Å². The highest BCUT2D eigenvalue weighted by Crippen LogP contribution is 2.39. The summed E-state index contributed by atoms with van der Waals surface area (Å²) < 4.78 is 5.42. The number of piperazine rings is 1. The molecule has 0 bridgehead atoms. The van der Waals surface area contributed by atoms with Gasteiger partial charge in [-0.2, -0.15) is 0 Å². The first-order valence-corrected chi connectivity index (χ1v) is 7.46. The first kappa shape index (κ1) is 12.9. The predicted molar refractivity (Wildman–Crippen MR) is 72.6 cm³/mol. The van der Waals surface area contributed by atoms with Crippen molar-refractivity contribution in [3.63, 3.8) is 0 Å². The zero-order chi connectivity index (χ0) is 12.6. The molecular weight excluding hydrogens is 226 g/mol. The van der Waals surface area contributed by atoms with Crippen molar-refractivity contribution >= 4 is 0 Å². The second-order valence-electron chi connectivity index (χ2n) is 6.43. The average Bonchev–Trinajstić information content (AvgIpc) is 3.15. The van der Waals surface area contributed by atoms with E-state index in [1.54, 1.807) is 0 Å². The Hall–Kier alpha value is -0.160. The molecule has 0 aromatic carbocycles. The van der Waals surface area contributed by atoms with Gasteiger partial charge in [0.15, 0.2) is 0 Å². The number of rotatable bonds is 5. The Balaban J connectivity index is 1.48. The smallest absolute Gasteiger partial charge is 0.0607 e. The number of nitrogens with two attached hydrogens (primary N) is 1. The summed E-state index contributed by atoms with van der Waals surface area (Å²) in [6.45, 7) is 6.98. The Kier molecular flexibility index (Phi) is 3.63. The van der Waals surface area contributed by atoms with Crippen molar-refractivity contribution in [3.8, 4) is 0 Å². The van der Waals surface area contributed by atoms with Crippen molar-refractivity contribution in [1.82, 2.24) is 9.80 Å². The summed E-state index contributed by atoms with van der Waals surface area (Å²) in [5.41, 5.74) is 6.29. The van der Waals surface area contributed by atoms with Crippen LogP contribution in [0.15, 0.2) is 0 Å².